The summed E-state index contributed by atoms with van der Waals surface area (Å²) < 4.78 is 14.0. The van der Waals surface area contributed by atoms with Crippen molar-refractivity contribution in [2.24, 2.45) is 0 Å². The lowest BCUT2D eigenvalue weighted by atomic mass is 9.87. The third kappa shape index (κ3) is 5.01. The van der Waals surface area contributed by atoms with Gasteiger partial charge in [0.25, 0.3) is 0 Å². The Hall–Kier alpha value is -3.81. The van der Waals surface area contributed by atoms with E-state index >= 15 is 0 Å². The highest BCUT2D eigenvalue weighted by Crippen LogP contribution is 2.34. The number of fused-ring (bicyclic) bond motifs is 1. The highest BCUT2D eigenvalue weighted by molar-refractivity contribution is 6.32. The zero-order valence-corrected chi connectivity index (χ0v) is 19.3. The third-order valence-corrected chi connectivity index (χ3v) is 6.01. The predicted molar refractivity (Wildman–Crippen MR) is 133 cm³/mol. The largest absolute Gasteiger partial charge is 0.393 e. The Morgan fingerprint density at radius 3 is 2.26 bits per heavy atom. The lowest BCUT2D eigenvalue weighted by molar-refractivity contribution is 0.0938. The number of para-hydroxylation sites is 2. The van der Waals surface area contributed by atoms with Crippen molar-refractivity contribution in [3.8, 4) is 0 Å². The first kappa shape index (κ1) is 24.3. The van der Waals surface area contributed by atoms with Gasteiger partial charge in [0.2, 0.25) is 11.6 Å². The molecule has 0 fully saturated rings. The standard InChI is InChI=1S/C28H27FN2O4/c1-2-3-10-19-20(24(33)16-32)11-7-12-21(19)27(35)25(26(34)17-8-6-9-18(29)15-17)28-30-22-13-4-5-14-23(22)31-28/h4-9,11-15,24,30-33H,2-3,10,16H2,1H3/t24-/m0/s1. The summed E-state index contributed by atoms with van der Waals surface area (Å²) in [4.78, 5) is 27.7. The molecule has 0 saturated carbocycles. The van der Waals surface area contributed by atoms with Gasteiger partial charge in [-0.05, 0) is 48.2 Å². The van der Waals surface area contributed by atoms with Crippen LogP contribution in [0.3, 0.4) is 0 Å². The van der Waals surface area contributed by atoms with Gasteiger partial charge in [-0.25, -0.2) is 4.39 Å². The molecule has 1 aliphatic heterocycles. The van der Waals surface area contributed by atoms with Crippen molar-refractivity contribution in [1.82, 2.24) is 0 Å². The van der Waals surface area contributed by atoms with E-state index in [1.807, 2.05) is 31.2 Å². The fraction of sp³-hybridized carbons (Fsp3) is 0.214. The molecule has 1 atom stereocenters. The fourth-order valence-electron chi connectivity index (χ4n) is 4.23. The molecule has 0 aromatic heterocycles. The van der Waals surface area contributed by atoms with E-state index in [0.29, 0.717) is 28.9 Å². The van der Waals surface area contributed by atoms with Crippen LogP contribution < -0.4 is 10.6 Å². The average Bonchev–Trinajstić information content (AvgIpc) is 3.30. The van der Waals surface area contributed by atoms with Gasteiger partial charge in [-0.2, -0.15) is 0 Å². The van der Waals surface area contributed by atoms with Crippen LogP contribution in [0.4, 0.5) is 15.8 Å². The van der Waals surface area contributed by atoms with Crippen LogP contribution in [-0.2, 0) is 6.42 Å². The maximum absolute atomic E-state index is 14.0. The number of Topliss-reactive ketones (excluding diaryl/α,β-unsaturated/α-hetero) is 2. The summed E-state index contributed by atoms with van der Waals surface area (Å²) in [6.07, 6.45) is 0.937. The van der Waals surface area contributed by atoms with E-state index in [2.05, 4.69) is 10.6 Å². The zero-order chi connectivity index (χ0) is 24.9. The highest BCUT2D eigenvalue weighted by atomic mass is 19.1. The summed E-state index contributed by atoms with van der Waals surface area (Å²) in [6.45, 7) is 1.52. The minimum atomic E-state index is -1.16. The number of hydrogen-bond donors (Lipinski definition) is 4. The number of carbonyl (C=O) groups is 2. The maximum Gasteiger partial charge on any atom is 0.200 e. The molecular weight excluding hydrogens is 447 g/mol. The first-order chi connectivity index (χ1) is 16.9. The van der Waals surface area contributed by atoms with E-state index in [-0.39, 0.29) is 22.5 Å². The first-order valence-electron chi connectivity index (χ1n) is 11.6. The van der Waals surface area contributed by atoms with Gasteiger partial charge < -0.3 is 20.8 Å². The molecule has 4 rings (SSSR count). The van der Waals surface area contributed by atoms with E-state index in [1.54, 1.807) is 18.2 Å². The Morgan fingerprint density at radius 2 is 1.63 bits per heavy atom. The number of aliphatic hydroxyl groups excluding tert-OH is 2. The number of unbranched alkanes of at least 4 members (excludes halogenated alkanes) is 1. The van der Waals surface area contributed by atoms with Crippen molar-refractivity contribution >= 4 is 22.9 Å². The molecule has 1 aliphatic rings. The number of aliphatic hydroxyl groups is 2. The van der Waals surface area contributed by atoms with Crippen LogP contribution in [0.1, 0.15) is 57.7 Å². The quantitative estimate of drug-likeness (QED) is 0.151. The molecule has 6 nitrogen and oxygen atoms in total. The summed E-state index contributed by atoms with van der Waals surface area (Å²) in [6, 6.07) is 17.4. The van der Waals surface area contributed by atoms with Gasteiger partial charge >= 0.3 is 0 Å². The second-order valence-corrected chi connectivity index (χ2v) is 8.39. The minimum absolute atomic E-state index is 0.0436. The van der Waals surface area contributed by atoms with E-state index in [0.717, 1.165) is 18.9 Å². The SMILES string of the molecule is CCCCc1c(C(=O)C(C(=O)c2cccc(F)c2)=C2Nc3ccccc3N2)cccc1[C@@H](O)CO. The number of carbonyl (C=O) groups excluding carboxylic acids is 2. The fourth-order valence-corrected chi connectivity index (χ4v) is 4.23. The highest BCUT2D eigenvalue weighted by Gasteiger charge is 2.31. The van der Waals surface area contributed by atoms with E-state index in [4.69, 9.17) is 0 Å². The topological polar surface area (TPSA) is 98.7 Å². The van der Waals surface area contributed by atoms with Gasteiger partial charge in [0.05, 0.1) is 18.0 Å². The van der Waals surface area contributed by atoms with Crippen molar-refractivity contribution in [2.75, 3.05) is 17.2 Å². The molecule has 4 N–H and O–H groups in total. The number of rotatable bonds is 9. The number of nitrogens with one attached hydrogen (secondary N) is 2. The molecule has 1 heterocycles. The summed E-state index contributed by atoms with van der Waals surface area (Å²) in [5.41, 5.74) is 2.58. The lowest BCUT2D eigenvalue weighted by Crippen LogP contribution is -2.22. The van der Waals surface area contributed by atoms with E-state index < -0.39 is 30.1 Å². The number of benzene rings is 3. The average molecular weight is 475 g/mol. The summed E-state index contributed by atoms with van der Waals surface area (Å²) in [7, 11) is 0. The normalized spacial score (nSPS) is 13.0. The molecule has 0 spiro atoms. The van der Waals surface area contributed by atoms with Crippen LogP contribution in [0.2, 0.25) is 0 Å². The molecular formula is C28H27FN2O4. The molecule has 180 valence electrons. The van der Waals surface area contributed by atoms with Crippen LogP contribution in [0.15, 0.2) is 78.1 Å². The van der Waals surface area contributed by atoms with Gasteiger partial charge in [-0.1, -0.05) is 55.8 Å². The monoisotopic (exact) mass is 474 g/mol. The van der Waals surface area contributed by atoms with Gasteiger partial charge in [0, 0.05) is 11.1 Å². The Balaban J connectivity index is 1.87. The van der Waals surface area contributed by atoms with Crippen molar-refractivity contribution in [3.05, 3.63) is 106 Å². The Morgan fingerprint density at radius 1 is 0.943 bits per heavy atom. The van der Waals surface area contributed by atoms with E-state index in [9.17, 15) is 24.2 Å². The smallest absolute Gasteiger partial charge is 0.200 e. The van der Waals surface area contributed by atoms with Crippen molar-refractivity contribution < 1.29 is 24.2 Å². The lowest BCUT2D eigenvalue weighted by Gasteiger charge is -2.19. The van der Waals surface area contributed by atoms with E-state index in [1.165, 1.54) is 18.2 Å². The molecule has 0 aliphatic carbocycles. The maximum atomic E-state index is 14.0. The number of anilines is 2. The summed E-state index contributed by atoms with van der Waals surface area (Å²) >= 11 is 0. The molecule has 0 amide bonds. The zero-order valence-electron chi connectivity index (χ0n) is 19.3. The van der Waals surface area contributed by atoms with Crippen molar-refractivity contribution in [3.63, 3.8) is 0 Å². The number of halogens is 1. The Labute approximate surface area is 203 Å². The van der Waals surface area contributed by atoms with Gasteiger partial charge in [0.15, 0.2) is 0 Å². The van der Waals surface area contributed by atoms with Crippen LogP contribution >= 0.6 is 0 Å². The second kappa shape index (κ2) is 10.6. The summed E-state index contributed by atoms with van der Waals surface area (Å²) in [5, 5.41) is 26.2. The number of ketones is 2. The Bertz CT molecular complexity index is 1270. The first-order valence-corrected chi connectivity index (χ1v) is 11.6. The molecule has 0 saturated heterocycles. The Kier molecular flexibility index (Phi) is 7.39. The number of allylic oxidation sites excluding steroid dienone is 1. The number of hydrogen-bond acceptors (Lipinski definition) is 6. The van der Waals surface area contributed by atoms with Crippen molar-refractivity contribution in [1.29, 1.82) is 0 Å². The molecule has 7 heteroatoms. The minimum Gasteiger partial charge on any atom is -0.393 e. The van der Waals surface area contributed by atoms with Crippen LogP contribution in [-0.4, -0.2) is 28.4 Å². The van der Waals surface area contributed by atoms with Gasteiger partial charge in [0.1, 0.15) is 23.3 Å². The van der Waals surface area contributed by atoms with Crippen LogP contribution in [0.5, 0.6) is 0 Å². The van der Waals surface area contributed by atoms with Gasteiger partial charge in [-0.15, -0.1) is 0 Å². The van der Waals surface area contributed by atoms with Gasteiger partial charge in [-0.3, -0.25) is 9.59 Å². The third-order valence-electron chi connectivity index (χ3n) is 6.01. The van der Waals surface area contributed by atoms with Crippen LogP contribution in [0, 0.1) is 5.82 Å². The predicted octanol–water partition coefficient (Wildman–Crippen LogP) is 5.01. The summed E-state index contributed by atoms with van der Waals surface area (Å²) in [5.74, 6) is -1.56. The van der Waals surface area contributed by atoms with Crippen molar-refractivity contribution in [2.45, 2.75) is 32.3 Å². The molecule has 0 unspecified atom stereocenters. The molecule has 3 aromatic rings. The molecule has 0 bridgehead atoms. The second-order valence-electron chi connectivity index (χ2n) is 8.39. The molecule has 0 radical (unpaired) electrons. The molecule has 3 aromatic carbocycles. The molecule has 35 heavy (non-hydrogen) atoms. The van der Waals surface area contributed by atoms with Crippen LogP contribution in [0.25, 0.3) is 0 Å².